The van der Waals surface area contributed by atoms with E-state index < -0.39 is 0 Å². The maximum Gasteiger partial charge on any atom is 0.170 e. The summed E-state index contributed by atoms with van der Waals surface area (Å²) in [6.07, 6.45) is -0.0352. The molecule has 3 nitrogen and oxygen atoms in total. The number of fused-ring (bicyclic) bond motifs is 1. The smallest absolute Gasteiger partial charge is 0.170 e. The third-order valence-electron chi connectivity index (χ3n) is 4.51. The molecule has 1 unspecified atom stereocenters. The fourth-order valence-corrected chi connectivity index (χ4v) is 3.33. The van der Waals surface area contributed by atoms with E-state index in [-0.39, 0.29) is 11.9 Å². The van der Waals surface area contributed by atoms with Gasteiger partial charge in [0.1, 0.15) is 17.6 Å². The van der Waals surface area contributed by atoms with Gasteiger partial charge >= 0.3 is 0 Å². The van der Waals surface area contributed by atoms with Crippen LogP contribution in [0.1, 0.15) is 28.4 Å². The number of rotatable bonds is 3. The van der Waals surface area contributed by atoms with E-state index in [1.165, 1.54) is 0 Å². The summed E-state index contributed by atoms with van der Waals surface area (Å²) in [5.74, 6) is 1.49. The summed E-state index contributed by atoms with van der Waals surface area (Å²) in [5.41, 5.74) is 3.61. The molecule has 0 fully saturated rings. The summed E-state index contributed by atoms with van der Waals surface area (Å²) in [7, 11) is 1.66. The number of Topliss-reactive ketones (excluding diaryl/α,β-unsaturated/α-hetero) is 1. The van der Waals surface area contributed by atoms with Gasteiger partial charge in [0, 0.05) is 11.1 Å². The zero-order valence-electron chi connectivity index (χ0n) is 13.9. The van der Waals surface area contributed by atoms with Crippen molar-refractivity contribution in [2.75, 3.05) is 7.11 Å². The highest BCUT2D eigenvalue weighted by Gasteiger charge is 2.30. The first kappa shape index (κ1) is 15.5. The second-order valence-electron chi connectivity index (χ2n) is 6.02. The summed E-state index contributed by atoms with van der Waals surface area (Å²) < 4.78 is 11.8. The van der Waals surface area contributed by atoms with Crippen LogP contribution in [0.5, 0.6) is 11.5 Å². The van der Waals surface area contributed by atoms with E-state index in [0.29, 0.717) is 17.7 Å². The van der Waals surface area contributed by atoms with Crippen molar-refractivity contribution in [3.05, 3.63) is 83.9 Å². The van der Waals surface area contributed by atoms with Gasteiger partial charge in [-0.1, -0.05) is 60.7 Å². The molecule has 124 valence electrons. The van der Waals surface area contributed by atoms with Crippen LogP contribution in [0.3, 0.4) is 0 Å². The van der Waals surface area contributed by atoms with Crippen molar-refractivity contribution >= 4 is 5.78 Å². The number of para-hydroxylation sites is 2. The van der Waals surface area contributed by atoms with Gasteiger partial charge in [0.2, 0.25) is 0 Å². The van der Waals surface area contributed by atoms with Gasteiger partial charge in [0.15, 0.2) is 5.78 Å². The van der Waals surface area contributed by atoms with Gasteiger partial charge in [-0.15, -0.1) is 0 Å². The second-order valence-corrected chi connectivity index (χ2v) is 6.02. The summed E-state index contributed by atoms with van der Waals surface area (Å²) >= 11 is 0. The first-order valence-electron chi connectivity index (χ1n) is 8.29. The third kappa shape index (κ3) is 2.78. The van der Waals surface area contributed by atoms with Gasteiger partial charge in [0.05, 0.1) is 19.1 Å². The van der Waals surface area contributed by atoms with Crippen molar-refractivity contribution in [3.8, 4) is 22.6 Å². The van der Waals surface area contributed by atoms with E-state index in [4.69, 9.17) is 9.47 Å². The van der Waals surface area contributed by atoms with E-state index in [2.05, 4.69) is 0 Å². The standard InChI is InChI=1S/C22H18O3/c1-24-22-16(15-8-3-2-4-9-15)11-7-12-18(22)21-14-19(23)17-10-5-6-13-20(17)25-21/h2-13,21H,14H2,1H3. The van der Waals surface area contributed by atoms with Crippen molar-refractivity contribution in [1.82, 2.24) is 0 Å². The van der Waals surface area contributed by atoms with E-state index in [0.717, 1.165) is 22.4 Å². The Balaban J connectivity index is 1.78. The Morgan fingerprint density at radius 2 is 1.60 bits per heavy atom. The molecule has 0 aliphatic carbocycles. The lowest BCUT2D eigenvalue weighted by Crippen LogP contribution is -2.20. The number of benzene rings is 3. The molecular weight excluding hydrogens is 312 g/mol. The van der Waals surface area contributed by atoms with Crippen LogP contribution in [0.15, 0.2) is 72.8 Å². The monoisotopic (exact) mass is 330 g/mol. The van der Waals surface area contributed by atoms with Crippen LogP contribution >= 0.6 is 0 Å². The number of hydrogen-bond donors (Lipinski definition) is 0. The highest BCUT2D eigenvalue weighted by Crippen LogP contribution is 2.41. The van der Waals surface area contributed by atoms with E-state index in [9.17, 15) is 4.79 Å². The average Bonchev–Trinajstić information content (AvgIpc) is 2.68. The lowest BCUT2D eigenvalue weighted by molar-refractivity contribution is 0.0847. The topological polar surface area (TPSA) is 35.5 Å². The Hall–Kier alpha value is -3.07. The molecule has 1 aliphatic heterocycles. The van der Waals surface area contributed by atoms with Crippen LogP contribution in [0.2, 0.25) is 0 Å². The molecule has 1 aliphatic rings. The van der Waals surface area contributed by atoms with Crippen LogP contribution in [0.4, 0.5) is 0 Å². The predicted octanol–water partition coefficient (Wildman–Crippen LogP) is 5.07. The summed E-state index contributed by atoms with van der Waals surface area (Å²) in [4.78, 5) is 12.5. The highest BCUT2D eigenvalue weighted by atomic mass is 16.5. The predicted molar refractivity (Wildman–Crippen MR) is 97.2 cm³/mol. The minimum absolute atomic E-state index is 0.0963. The zero-order valence-corrected chi connectivity index (χ0v) is 13.9. The number of carbonyl (C=O) groups excluding carboxylic acids is 1. The van der Waals surface area contributed by atoms with Crippen molar-refractivity contribution in [3.63, 3.8) is 0 Å². The molecule has 0 saturated heterocycles. The largest absolute Gasteiger partial charge is 0.496 e. The van der Waals surface area contributed by atoms with Gasteiger partial charge in [-0.3, -0.25) is 4.79 Å². The first-order valence-corrected chi connectivity index (χ1v) is 8.29. The fourth-order valence-electron chi connectivity index (χ4n) is 3.33. The Bertz CT molecular complexity index is 916. The Morgan fingerprint density at radius 3 is 2.40 bits per heavy atom. The summed E-state index contributed by atoms with van der Waals surface area (Å²) in [6.45, 7) is 0. The Morgan fingerprint density at radius 1 is 0.880 bits per heavy atom. The van der Waals surface area contributed by atoms with E-state index >= 15 is 0 Å². The minimum Gasteiger partial charge on any atom is -0.496 e. The minimum atomic E-state index is -0.346. The summed E-state index contributed by atoms with van der Waals surface area (Å²) in [6, 6.07) is 23.4. The number of carbonyl (C=O) groups is 1. The van der Waals surface area contributed by atoms with Gasteiger partial charge in [-0.25, -0.2) is 0 Å². The number of hydrogen-bond acceptors (Lipinski definition) is 3. The molecule has 0 spiro atoms. The Labute approximate surface area is 146 Å². The van der Waals surface area contributed by atoms with Crippen molar-refractivity contribution in [2.24, 2.45) is 0 Å². The zero-order chi connectivity index (χ0) is 17.2. The van der Waals surface area contributed by atoms with Gasteiger partial charge in [0.25, 0.3) is 0 Å². The molecule has 4 rings (SSSR count). The molecule has 25 heavy (non-hydrogen) atoms. The first-order chi connectivity index (χ1) is 12.3. The highest BCUT2D eigenvalue weighted by molar-refractivity contribution is 6.00. The SMILES string of the molecule is COc1c(-c2ccccc2)cccc1C1CC(=O)c2ccccc2O1. The number of ketones is 1. The average molecular weight is 330 g/mol. The summed E-state index contributed by atoms with van der Waals surface area (Å²) in [5, 5.41) is 0. The van der Waals surface area contributed by atoms with Crippen molar-refractivity contribution in [2.45, 2.75) is 12.5 Å². The molecule has 3 aromatic rings. The fraction of sp³-hybridized carbons (Fsp3) is 0.136. The van der Waals surface area contributed by atoms with E-state index in [1.54, 1.807) is 7.11 Å². The van der Waals surface area contributed by atoms with Crippen LogP contribution in [-0.2, 0) is 0 Å². The third-order valence-corrected chi connectivity index (χ3v) is 4.51. The quantitative estimate of drug-likeness (QED) is 0.672. The molecule has 0 N–H and O–H groups in total. The lowest BCUT2D eigenvalue weighted by atomic mass is 9.93. The molecular formula is C22H18O3. The number of ether oxygens (including phenoxy) is 2. The molecule has 3 aromatic carbocycles. The van der Waals surface area contributed by atoms with Crippen LogP contribution < -0.4 is 9.47 Å². The van der Waals surface area contributed by atoms with Crippen LogP contribution in [-0.4, -0.2) is 12.9 Å². The Kier molecular flexibility index (Phi) is 3.98. The van der Waals surface area contributed by atoms with Crippen LogP contribution in [0.25, 0.3) is 11.1 Å². The van der Waals surface area contributed by atoms with Crippen LogP contribution in [0, 0.1) is 0 Å². The second kappa shape index (κ2) is 6.44. The molecule has 0 amide bonds. The molecule has 1 heterocycles. The molecule has 0 aromatic heterocycles. The van der Waals surface area contributed by atoms with E-state index in [1.807, 2.05) is 72.8 Å². The molecule has 3 heteroatoms. The lowest BCUT2D eigenvalue weighted by Gasteiger charge is -2.27. The van der Waals surface area contributed by atoms with Gasteiger partial charge in [-0.2, -0.15) is 0 Å². The maximum absolute atomic E-state index is 12.5. The number of methoxy groups -OCH3 is 1. The van der Waals surface area contributed by atoms with Gasteiger partial charge in [-0.05, 0) is 17.7 Å². The van der Waals surface area contributed by atoms with Crippen molar-refractivity contribution in [1.29, 1.82) is 0 Å². The normalized spacial score (nSPS) is 16.0. The van der Waals surface area contributed by atoms with Crippen molar-refractivity contribution < 1.29 is 14.3 Å². The maximum atomic E-state index is 12.5. The molecule has 1 atom stereocenters. The molecule has 0 bridgehead atoms. The molecule has 0 radical (unpaired) electrons. The molecule has 0 saturated carbocycles. The van der Waals surface area contributed by atoms with Gasteiger partial charge < -0.3 is 9.47 Å².